The molecule has 14 nitrogen and oxygen atoms in total. The van der Waals surface area contributed by atoms with Crippen LogP contribution in [0.4, 0.5) is 9.93 Å². The summed E-state index contributed by atoms with van der Waals surface area (Å²) in [6, 6.07) is 2.76. The van der Waals surface area contributed by atoms with Gasteiger partial charge in [0.25, 0.3) is 0 Å². The van der Waals surface area contributed by atoms with Gasteiger partial charge < -0.3 is 40.7 Å². The molecule has 0 saturated heterocycles. The number of hydrogen-bond donors (Lipinski definition) is 5. The molecule has 2 aliphatic rings. The fraction of sp³-hybridized carbons (Fsp3) is 0.474. The Morgan fingerprint density at radius 3 is 2.47 bits per heavy atom. The number of carboxylic acid groups (broad SMARTS) is 1. The van der Waals surface area contributed by atoms with E-state index in [0.29, 0.717) is 39.4 Å². The van der Waals surface area contributed by atoms with Gasteiger partial charge in [-0.1, -0.05) is 32.4 Å². The van der Waals surface area contributed by atoms with Crippen molar-refractivity contribution in [1.29, 1.82) is 0 Å². The van der Waals surface area contributed by atoms with Gasteiger partial charge in [0.2, 0.25) is 11.8 Å². The Kier molecular flexibility index (Phi) is 12.3. The molecule has 3 aromatic rings. The lowest BCUT2D eigenvalue weighted by molar-refractivity contribution is -0.146. The molecule has 2 aromatic heterocycles. The van der Waals surface area contributed by atoms with E-state index in [2.05, 4.69) is 39.4 Å². The van der Waals surface area contributed by atoms with E-state index in [1.807, 2.05) is 24.4 Å². The number of anilines is 1. The fourth-order valence-corrected chi connectivity index (χ4v) is 7.50. The molecule has 4 atom stereocenters. The SMILES string of the molecule is C=C[C@@H]1C[C@]1(NC(=O)[C@H](CC)N(CCOc1cc(-c2csc(NC)n2)nc2cc(OC)c(C)cc12)C(=O)[C@@H](NC(=O)NC1CCCC1)C(=C)C)C(=O)O. The monoisotopic (exact) mass is 747 g/mol. The lowest BCUT2D eigenvalue weighted by Gasteiger charge is -2.34. The predicted molar refractivity (Wildman–Crippen MR) is 204 cm³/mol. The minimum atomic E-state index is -1.50. The van der Waals surface area contributed by atoms with Crippen molar-refractivity contribution in [3.05, 3.63) is 53.9 Å². The van der Waals surface area contributed by atoms with Crippen molar-refractivity contribution in [2.24, 2.45) is 5.92 Å². The summed E-state index contributed by atoms with van der Waals surface area (Å²) in [7, 11) is 3.38. The highest BCUT2D eigenvalue weighted by Crippen LogP contribution is 2.44. The standard InChI is InChI=1S/C38H49N7O7S/c1-8-23-19-38(23,35(48)49)44-33(46)29(9-2)45(34(47)32(21(3)4)43-36(50)40-24-12-10-11-13-24)14-15-52-31-18-27(28-20-53-37(39-6)42-28)41-26-17-30(51-7)22(5)16-25(26)31/h8,16-18,20,23-24,29,32H,1,3,9-15,19H2,2,4-7H3,(H,39,42)(H,44,46)(H,48,49)(H2,40,43,50)/t23-,29+,32+,38-/m1/s1. The second kappa shape index (κ2) is 16.7. The number of nitrogens with zero attached hydrogens (tertiary/aromatic N) is 3. The van der Waals surface area contributed by atoms with Gasteiger partial charge in [-0.25, -0.2) is 19.6 Å². The van der Waals surface area contributed by atoms with Crippen LogP contribution >= 0.6 is 11.3 Å². The maximum absolute atomic E-state index is 14.5. The van der Waals surface area contributed by atoms with Crippen molar-refractivity contribution in [3.63, 3.8) is 0 Å². The van der Waals surface area contributed by atoms with Gasteiger partial charge in [-0.05, 0) is 56.7 Å². The number of rotatable bonds is 17. The van der Waals surface area contributed by atoms with Gasteiger partial charge in [0.1, 0.15) is 41.4 Å². The number of carbonyl (C=O) groups excluding carboxylic acids is 3. The smallest absolute Gasteiger partial charge is 0.330 e. The lowest BCUT2D eigenvalue weighted by atomic mass is 10.0. The van der Waals surface area contributed by atoms with E-state index in [1.165, 1.54) is 22.3 Å². The van der Waals surface area contributed by atoms with Crippen molar-refractivity contribution < 1.29 is 33.8 Å². The van der Waals surface area contributed by atoms with Gasteiger partial charge in [-0.15, -0.1) is 17.9 Å². The van der Waals surface area contributed by atoms with Gasteiger partial charge in [0.15, 0.2) is 5.13 Å². The van der Waals surface area contributed by atoms with E-state index < -0.39 is 47.4 Å². The second-order valence-electron chi connectivity index (χ2n) is 13.6. The summed E-state index contributed by atoms with van der Waals surface area (Å²) in [4.78, 5) is 64.5. The molecule has 0 bridgehead atoms. The Bertz CT molecular complexity index is 1890. The molecule has 2 heterocycles. The highest BCUT2D eigenvalue weighted by molar-refractivity contribution is 7.14. The van der Waals surface area contributed by atoms with Crippen LogP contribution in [0.3, 0.4) is 0 Å². The number of urea groups is 1. The molecule has 1 aromatic carbocycles. The van der Waals surface area contributed by atoms with Crippen molar-refractivity contribution in [3.8, 4) is 22.9 Å². The highest BCUT2D eigenvalue weighted by atomic mass is 32.1. The number of amides is 4. The number of benzene rings is 1. The number of ether oxygens (including phenoxy) is 2. The van der Waals surface area contributed by atoms with E-state index in [1.54, 1.807) is 34.1 Å². The number of methoxy groups -OCH3 is 1. The molecular weight excluding hydrogens is 699 g/mol. The molecule has 0 spiro atoms. The number of carbonyl (C=O) groups is 4. The zero-order valence-electron chi connectivity index (χ0n) is 30.9. The van der Waals surface area contributed by atoms with Crippen LogP contribution < -0.4 is 30.7 Å². The van der Waals surface area contributed by atoms with Crippen molar-refractivity contribution in [2.45, 2.75) is 83.0 Å². The first kappa shape index (κ1) is 39.0. The van der Waals surface area contributed by atoms with Crippen molar-refractivity contribution >= 4 is 51.2 Å². The molecule has 0 aliphatic heterocycles. The molecule has 5 rings (SSSR count). The Morgan fingerprint density at radius 1 is 1.15 bits per heavy atom. The van der Waals surface area contributed by atoms with E-state index in [0.717, 1.165) is 36.4 Å². The van der Waals surface area contributed by atoms with E-state index in [4.69, 9.17) is 14.5 Å². The van der Waals surface area contributed by atoms with Gasteiger partial charge >= 0.3 is 12.0 Å². The van der Waals surface area contributed by atoms with Crippen LogP contribution in [0.25, 0.3) is 22.3 Å². The molecule has 2 aliphatic carbocycles. The number of aliphatic carboxylic acids is 1. The van der Waals surface area contributed by atoms with Crippen LogP contribution in [0.2, 0.25) is 0 Å². The molecule has 2 fully saturated rings. The summed E-state index contributed by atoms with van der Waals surface area (Å²) in [6.45, 7) is 12.8. The maximum atomic E-state index is 14.5. The van der Waals surface area contributed by atoms with Crippen LogP contribution in [0.15, 0.2) is 48.4 Å². The van der Waals surface area contributed by atoms with Gasteiger partial charge in [0, 0.05) is 41.9 Å². The number of hydrogen-bond acceptors (Lipinski definition) is 10. The van der Waals surface area contributed by atoms with Gasteiger partial charge in [-0.3, -0.25) is 9.59 Å². The van der Waals surface area contributed by atoms with Crippen LogP contribution in [0.5, 0.6) is 11.5 Å². The third kappa shape index (κ3) is 8.56. The van der Waals surface area contributed by atoms with E-state index >= 15 is 0 Å². The largest absolute Gasteiger partial charge is 0.496 e. The Labute approximate surface area is 313 Å². The quantitative estimate of drug-likeness (QED) is 0.117. The average Bonchev–Trinajstić information content (AvgIpc) is 3.41. The molecule has 0 unspecified atom stereocenters. The number of aromatic nitrogens is 2. The highest BCUT2D eigenvalue weighted by Gasteiger charge is 2.60. The van der Waals surface area contributed by atoms with Crippen LogP contribution in [0, 0.1) is 12.8 Å². The first-order valence-corrected chi connectivity index (χ1v) is 18.7. The third-order valence-corrected chi connectivity index (χ3v) is 10.8. The number of carboxylic acids is 1. The summed E-state index contributed by atoms with van der Waals surface area (Å²) in [5, 5.41) is 24.8. The Balaban J connectivity index is 1.46. The van der Waals surface area contributed by atoms with Crippen LogP contribution in [-0.2, 0) is 14.4 Å². The first-order valence-electron chi connectivity index (χ1n) is 17.8. The molecule has 15 heteroatoms. The number of fused-ring (bicyclic) bond motifs is 1. The minimum Gasteiger partial charge on any atom is -0.496 e. The summed E-state index contributed by atoms with van der Waals surface area (Å²) >= 11 is 1.43. The Hall–Kier alpha value is -5.18. The number of pyridine rings is 1. The predicted octanol–water partition coefficient (Wildman–Crippen LogP) is 5.04. The maximum Gasteiger partial charge on any atom is 0.330 e. The van der Waals surface area contributed by atoms with Crippen molar-refractivity contribution in [1.82, 2.24) is 30.8 Å². The zero-order valence-corrected chi connectivity index (χ0v) is 31.7. The molecule has 4 amide bonds. The summed E-state index contributed by atoms with van der Waals surface area (Å²) in [6.07, 6.45) is 5.60. The molecule has 2 saturated carbocycles. The zero-order chi connectivity index (χ0) is 38.4. The minimum absolute atomic E-state index is 0.0101. The first-order chi connectivity index (χ1) is 25.3. The topological polar surface area (TPSA) is 184 Å². The second-order valence-corrected chi connectivity index (χ2v) is 14.5. The third-order valence-electron chi connectivity index (χ3n) is 9.94. The Morgan fingerprint density at radius 2 is 1.89 bits per heavy atom. The van der Waals surface area contributed by atoms with E-state index in [9.17, 15) is 24.3 Å². The van der Waals surface area contributed by atoms with Crippen molar-refractivity contribution in [2.75, 3.05) is 32.6 Å². The number of aryl methyl sites for hydroxylation is 1. The molecular formula is C38H49N7O7S. The van der Waals surface area contributed by atoms with Gasteiger partial charge in [0.05, 0.1) is 24.9 Å². The normalized spacial score (nSPS) is 19.1. The van der Waals surface area contributed by atoms with E-state index in [-0.39, 0.29) is 32.0 Å². The van der Waals surface area contributed by atoms with Crippen LogP contribution in [-0.4, -0.2) is 94.8 Å². The lowest BCUT2D eigenvalue weighted by Crippen LogP contribution is -2.60. The summed E-state index contributed by atoms with van der Waals surface area (Å²) < 4.78 is 12.0. The average molecular weight is 748 g/mol. The number of nitrogens with one attached hydrogen (secondary N) is 4. The molecule has 0 radical (unpaired) electrons. The fourth-order valence-electron chi connectivity index (χ4n) is 6.84. The molecule has 53 heavy (non-hydrogen) atoms. The molecule has 284 valence electrons. The van der Waals surface area contributed by atoms with Gasteiger partial charge in [-0.2, -0.15) is 0 Å². The van der Waals surface area contributed by atoms with Crippen LogP contribution in [0.1, 0.15) is 57.9 Å². The summed E-state index contributed by atoms with van der Waals surface area (Å²) in [5.74, 6) is -1.71. The molecule has 5 N–H and O–H groups in total. The summed E-state index contributed by atoms with van der Waals surface area (Å²) in [5.41, 5.74) is 1.54. The number of thiazole rings is 1.